The predicted molar refractivity (Wildman–Crippen MR) is 83.2 cm³/mol. The van der Waals surface area contributed by atoms with E-state index in [1.54, 1.807) is 6.20 Å². The molecule has 0 aliphatic carbocycles. The smallest absolute Gasteiger partial charge is 0.138 e. The van der Waals surface area contributed by atoms with Crippen LogP contribution < -0.4 is 15.8 Å². The summed E-state index contributed by atoms with van der Waals surface area (Å²) in [7, 11) is 0. The molecule has 1 aromatic carbocycles. The summed E-state index contributed by atoms with van der Waals surface area (Å²) < 4.78 is 5.75. The van der Waals surface area contributed by atoms with Crippen molar-refractivity contribution in [2.24, 2.45) is 0 Å². The number of nitrogens with two attached hydrogens (primary N) is 1. The fraction of sp³-hybridized carbons (Fsp3) is 0.267. The maximum Gasteiger partial charge on any atom is 0.138 e. The van der Waals surface area contributed by atoms with Crippen LogP contribution in [0.25, 0.3) is 11.1 Å². The van der Waals surface area contributed by atoms with Crippen molar-refractivity contribution in [3.63, 3.8) is 0 Å². The number of benzene rings is 1. The Labute approximate surface area is 124 Å². The number of halogens is 1. The van der Waals surface area contributed by atoms with Crippen LogP contribution in [-0.2, 0) is 0 Å². The van der Waals surface area contributed by atoms with Crippen molar-refractivity contribution >= 4 is 18.1 Å². The average Bonchev–Trinajstić information content (AvgIpc) is 2.37. The van der Waals surface area contributed by atoms with Gasteiger partial charge in [0.25, 0.3) is 0 Å². The molecule has 0 amide bonds. The van der Waals surface area contributed by atoms with E-state index >= 15 is 0 Å². The molecule has 3 N–H and O–H groups in total. The van der Waals surface area contributed by atoms with E-state index in [2.05, 4.69) is 10.3 Å². The lowest BCUT2D eigenvalue weighted by Gasteiger charge is -2.27. The number of ether oxygens (including phenoxy) is 1. The van der Waals surface area contributed by atoms with Gasteiger partial charge in [-0.1, -0.05) is 12.1 Å². The number of nitrogens with zero attached hydrogens (tertiary/aromatic N) is 1. The second kappa shape index (κ2) is 6.59. The zero-order valence-electron chi connectivity index (χ0n) is 11.1. The van der Waals surface area contributed by atoms with E-state index in [0.717, 1.165) is 29.1 Å². The molecule has 2 heterocycles. The van der Waals surface area contributed by atoms with Crippen molar-refractivity contribution in [2.75, 3.05) is 18.9 Å². The molecule has 1 saturated heterocycles. The fourth-order valence-electron chi connectivity index (χ4n) is 2.06. The van der Waals surface area contributed by atoms with Crippen LogP contribution in [0.4, 0.5) is 5.69 Å². The van der Waals surface area contributed by atoms with Gasteiger partial charge in [-0.3, -0.25) is 4.98 Å². The van der Waals surface area contributed by atoms with E-state index in [1.165, 1.54) is 6.42 Å². The average molecular weight is 292 g/mol. The molecule has 1 atom stereocenters. The number of anilines is 1. The quantitative estimate of drug-likeness (QED) is 0.850. The molecule has 5 heteroatoms. The summed E-state index contributed by atoms with van der Waals surface area (Å²) in [5, 5.41) is 3.31. The summed E-state index contributed by atoms with van der Waals surface area (Å²) in [5.41, 5.74) is 8.63. The summed E-state index contributed by atoms with van der Waals surface area (Å²) in [4.78, 5) is 4.23. The lowest BCUT2D eigenvalue weighted by Crippen LogP contribution is -2.46. The Morgan fingerprint density at radius 2 is 2.10 bits per heavy atom. The van der Waals surface area contributed by atoms with Crippen LogP contribution >= 0.6 is 12.4 Å². The number of hydrogen-bond donors (Lipinski definition) is 2. The fourth-order valence-corrected chi connectivity index (χ4v) is 2.06. The molecular weight excluding hydrogens is 274 g/mol. The normalized spacial score (nSPS) is 16.9. The highest BCUT2D eigenvalue weighted by Gasteiger charge is 2.16. The van der Waals surface area contributed by atoms with Crippen LogP contribution in [0.2, 0.25) is 0 Å². The summed E-state index contributed by atoms with van der Waals surface area (Å²) in [5.74, 6) is 0.800. The van der Waals surface area contributed by atoms with Gasteiger partial charge in [-0.05, 0) is 36.7 Å². The molecule has 1 aliphatic heterocycles. The van der Waals surface area contributed by atoms with Crippen molar-refractivity contribution < 1.29 is 4.74 Å². The summed E-state index contributed by atoms with van der Waals surface area (Å²) in [6.45, 7) is 1.79. The minimum absolute atomic E-state index is 0. The first-order valence-corrected chi connectivity index (χ1v) is 6.48. The van der Waals surface area contributed by atoms with Gasteiger partial charge in [-0.2, -0.15) is 0 Å². The Morgan fingerprint density at radius 1 is 1.25 bits per heavy atom. The standard InChI is InChI=1S/C15H17N3O.ClH/c16-13-3-1-2-11(6-13)12-7-15(9-17-8-12)19-10-14-4-5-18-14;/h1-3,6-9,14,18H,4-5,10,16H2;1H/t14-;/m0./s1. The predicted octanol–water partition coefficient (Wildman–Crippen LogP) is 2.49. The second-order valence-electron chi connectivity index (χ2n) is 4.79. The summed E-state index contributed by atoms with van der Waals surface area (Å²) in [6.07, 6.45) is 4.75. The highest BCUT2D eigenvalue weighted by molar-refractivity contribution is 5.85. The third-order valence-electron chi connectivity index (χ3n) is 3.31. The zero-order chi connectivity index (χ0) is 13.1. The maximum atomic E-state index is 5.80. The minimum atomic E-state index is 0. The van der Waals surface area contributed by atoms with Crippen LogP contribution in [0.3, 0.4) is 0 Å². The molecule has 2 aromatic rings. The Balaban J connectivity index is 0.00000147. The van der Waals surface area contributed by atoms with Crippen molar-refractivity contribution in [1.29, 1.82) is 0 Å². The topological polar surface area (TPSA) is 60.2 Å². The SMILES string of the molecule is Cl.Nc1cccc(-c2cncc(OC[C@@H]3CCN3)c2)c1. The van der Waals surface area contributed by atoms with E-state index in [-0.39, 0.29) is 12.4 Å². The van der Waals surface area contributed by atoms with Gasteiger partial charge < -0.3 is 15.8 Å². The Hall–Kier alpha value is -1.78. The monoisotopic (exact) mass is 291 g/mol. The van der Waals surface area contributed by atoms with Gasteiger partial charge in [0.15, 0.2) is 0 Å². The van der Waals surface area contributed by atoms with Crippen molar-refractivity contribution in [3.8, 4) is 16.9 Å². The molecule has 0 bridgehead atoms. The van der Waals surface area contributed by atoms with Gasteiger partial charge in [0, 0.05) is 23.5 Å². The van der Waals surface area contributed by atoms with Gasteiger partial charge in [-0.25, -0.2) is 0 Å². The van der Waals surface area contributed by atoms with Crippen molar-refractivity contribution in [1.82, 2.24) is 10.3 Å². The number of pyridine rings is 1. The maximum absolute atomic E-state index is 5.80. The van der Waals surface area contributed by atoms with E-state index in [1.807, 2.05) is 36.5 Å². The highest BCUT2D eigenvalue weighted by Crippen LogP contribution is 2.24. The van der Waals surface area contributed by atoms with Crippen molar-refractivity contribution in [3.05, 3.63) is 42.7 Å². The first-order chi connectivity index (χ1) is 9.31. The van der Waals surface area contributed by atoms with E-state index in [0.29, 0.717) is 12.6 Å². The first-order valence-electron chi connectivity index (χ1n) is 6.48. The van der Waals surface area contributed by atoms with Gasteiger partial charge in [0.1, 0.15) is 12.4 Å². The lowest BCUT2D eigenvalue weighted by atomic mass is 10.1. The third kappa shape index (κ3) is 3.40. The third-order valence-corrected chi connectivity index (χ3v) is 3.31. The largest absolute Gasteiger partial charge is 0.490 e. The molecule has 0 spiro atoms. The second-order valence-corrected chi connectivity index (χ2v) is 4.79. The Morgan fingerprint density at radius 3 is 2.80 bits per heavy atom. The van der Waals surface area contributed by atoms with Gasteiger partial charge in [-0.15, -0.1) is 12.4 Å². The number of aromatic nitrogens is 1. The van der Waals surface area contributed by atoms with Crippen LogP contribution in [0.5, 0.6) is 5.75 Å². The van der Waals surface area contributed by atoms with Crippen LogP contribution in [0.15, 0.2) is 42.7 Å². The number of nitrogens with one attached hydrogen (secondary N) is 1. The van der Waals surface area contributed by atoms with Gasteiger partial charge in [0.05, 0.1) is 6.20 Å². The molecule has 4 nitrogen and oxygen atoms in total. The number of rotatable bonds is 4. The van der Waals surface area contributed by atoms with Gasteiger partial charge >= 0.3 is 0 Å². The molecule has 20 heavy (non-hydrogen) atoms. The molecule has 1 aromatic heterocycles. The van der Waals surface area contributed by atoms with Crippen LogP contribution in [-0.4, -0.2) is 24.2 Å². The summed E-state index contributed by atoms with van der Waals surface area (Å²) >= 11 is 0. The Bertz CT molecular complexity index is 573. The molecule has 3 rings (SSSR count). The minimum Gasteiger partial charge on any atom is -0.490 e. The molecule has 1 aliphatic rings. The van der Waals surface area contributed by atoms with E-state index in [4.69, 9.17) is 10.5 Å². The highest BCUT2D eigenvalue weighted by atomic mass is 35.5. The molecular formula is C15H18ClN3O. The molecule has 106 valence electrons. The Kier molecular flexibility index (Phi) is 4.82. The number of hydrogen-bond acceptors (Lipinski definition) is 4. The summed E-state index contributed by atoms with van der Waals surface area (Å²) in [6, 6.07) is 10.3. The van der Waals surface area contributed by atoms with Crippen LogP contribution in [0, 0.1) is 0 Å². The van der Waals surface area contributed by atoms with Crippen LogP contribution in [0.1, 0.15) is 6.42 Å². The number of nitrogen functional groups attached to an aromatic ring is 1. The molecule has 0 unspecified atom stereocenters. The van der Waals surface area contributed by atoms with E-state index in [9.17, 15) is 0 Å². The van der Waals surface area contributed by atoms with Gasteiger partial charge in [0.2, 0.25) is 0 Å². The van der Waals surface area contributed by atoms with Crippen molar-refractivity contribution in [2.45, 2.75) is 12.5 Å². The zero-order valence-corrected chi connectivity index (χ0v) is 11.9. The van der Waals surface area contributed by atoms with E-state index < -0.39 is 0 Å². The molecule has 0 radical (unpaired) electrons. The molecule has 1 fully saturated rings. The first kappa shape index (κ1) is 14.6. The molecule has 0 saturated carbocycles. The lowest BCUT2D eigenvalue weighted by molar-refractivity contribution is 0.217.